The number of ketones is 1. The highest BCUT2D eigenvalue weighted by Gasteiger charge is 2.32. The topological polar surface area (TPSA) is 54.5 Å². The lowest BCUT2D eigenvalue weighted by Crippen LogP contribution is -2.43. The average molecular weight is 330 g/mol. The molecule has 0 bridgehead atoms. The normalized spacial score (nSPS) is 20.4. The molecule has 0 aliphatic carbocycles. The van der Waals surface area contributed by atoms with E-state index in [9.17, 15) is 13.2 Å². The Hall–Kier alpha value is -0.910. The van der Waals surface area contributed by atoms with E-state index in [-0.39, 0.29) is 24.0 Å². The molecule has 21 heavy (non-hydrogen) atoms. The Morgan fingerprint density at radius 2 is 2.19 bits per heavy atom. The number of carbonyl (C=O) groups excluding carboxylic acids is 1. The molecular weight excluding hydrogens is 310 g/mol. The summed E-state index contributed by atoms with van der Waals surface area (Å²) in [6.45, 7) is 2.64. The first-order valence-electron chi connectivity index (χ1n) is 7.21. The van der Waals surface area contributed by atoms with Crippen molar-refractivity contribution in [1.29, 1.82) is 0 Å². The van der Waals surface area contributed by atoms with Gasteiger partial charge in [0.25, 0.3) is 0 Å². The Labute approximate surface area is 131 Å². The first-order valence-corrected chi connectivity index (χ1v) is 9.20. The van der Waals surface area contributed by atoms with Gasteiger partial charge in [-0.15, -0.1) is 0 Å². The van der Waals surface area contributed by atoms with Crippen molar-refractivity contribution in [3.05, 3.63) is 34.9 Å². The molecule has 1 aromatic rings. The Bertz CT molecular complexity index is 615. The Balaban J connectivity index is 2.12. The average Bonchev–Trinajstić information content (AvgIpc) is 2.46. The van der Waals surface area contributed by atoms with Crippen molar-refractivity contribution in [3.8, 4) is 0 Å². The van der Waals surface area contributed by atoms with E-state index in [1.807, 2.05) is 6.92 Å². The maximum Gasteiger partial charge on any atom is 0.214 e. The number of rotatable bonds is 5. The Morgan fingerprint density at radius 3 is 2.86 bits per heavy atom. The predicted molar refractivity (Wildman–Crippen MR) is 84.2 cm³/mol. The summed E-state index contributed by atoms with van der Waals surface area (Å²) in [5.74, 6) is -0.150. The van der Waals surface area contributed by atoms with Crippen LogP contribution in [0.25, 0.3) is 0 Å². The molecule has 1 aromatic carbocycles. The summed E-state index contributed by atoms with van der Waals surface area (Å²) < 4.78 is 25.7. The smallest absolute Gasteiger partial charge is 0.214 e. The number of piperidine rings is 1. The molecule has 0 N–H and O–H groups in total. The van der Waals surface area contributed by atoms with Gasteiger partial charge in [-0.2, -0.15) is 0 Å². The van der Waals surface area contributed by atoms with Crippen LogP contribution in [0, 0.1) is 5.92 Å². The van der Waals surface area contributed by atoms with Crippen molar-refractivity contribution in [2.75, 3.05) is 18.8 Å². The van der Waals surface area contributed by atoms with E-state index in [1.54, 1.807) is 24.3 Å². The van der Waals surface area contributed by atoms with Gasteiger partial charge in [0, 0.05) is 29.6 Å². The Morgan fingerprint density at radius 1 is 1.43 bits per heavy atom. The molecule has 0 radical (unpaired) electrons. The summed E-state index contributed by atoms with van der Waals surface area (Å²) >= 11 is 5.91. The van der Waals surface area contributed by atoms with Crippen molar-refractivity contribution in [2.45, 2.75) is 26.2 Å². The van der Waals surface area contributed by atoms with Crippen molar-refractivity contribution >= 4 is 27.4 Å². The Kier molecular flexibility index (Phi) is 5.41. The van der Waals surface area contributed by atoms with E-state index in [0.29, 0.717) is 23.6 Å². The van der Waals surface area contributed by atoms with Gasteiger partial charge in [-0.25, -0.2) is 12.7 Å². The van der Waals surface area contributed by atoms with Gasteiger partial charge in [0.1, 0.15) is 0 Å². The van der Waals surface area contributed by atoms with Crippen LogP contribution in [0.15, 0.2) is 24.3 Å². The van der Waals surface area contributed by atoms with E-state index in [0.717, 1.165) is 12.8 Å². The molecule has 0 aromatic heterocycles. The summed E-state index contributed by atoms with van der Waals surface area (Å²) in [5.41, 5.74) is 0.558. The second-order valence-corrected chi connectivity index (χ2v) is 7.91. The van der Waals surface area contributed by atoms with Crippen molar-refractivity contribution in [2.24, 2.45) is 5.92 Å². The van der Waals surface area contributed by atoms with E-state index in [4.69, 9.17) is 11.6 Å². The zero-order valence-electron chi connectivity index (χ0n) is 12.1. The number of hydrogen-bond donors (Lipinski definition) is 0. The molecule has 1 aliphatic rings. The lowest BCUT2D eigenvalue weighted by atomic mass is 9.91. The quantitative estimate of drug-likeness (QED) is 0.780. The third-order valence-electron chi connectivity index (χ3n) is 3.72. The molecule has 6 heteroatoms. The number of Topliss-reactive ketones (excluding diaryl/α,β-unsaturated/α-hetero) is 1. The molecule has 1 aliphatic heterocycles. The first kappa shape index (κ1) is 16.5. The molecule has 1 heterocycles. The molecule has 0 unspecified atom stereocenters. The number of carbonyl (C=O) groups is 1. The summed E-state index contributed by atoms with van der Waals surface area (Å²) in [6.07, 6.45) is 2.04. The molecule has 0 saturated carbocycles. The third kappa shape index (κ3) is 4.05. The van der Waals surface area contributed by atoms with E-state index >= 15 is 0 Å². The molecule has 1 saturated heterocycles. The van der Waals surface area contributed by atoms with Gasteiger partial charge in [0.15, 0.2) is 5.78 Å². The highest BCUT2D eigenvalue weighted by molar-refractivity contribution is 7.89. The van der Waals surface area contributed by atoms with Crippen molar-refractivity contribution in [3.63, 3.8) is 0 Å². The lowest BCUT2D eigenvalue weighted by Gasteiger charge is -2.31. The summed E-state index contributed by atoms with van der Waals surface area (Å²) in [7, 11) is -3.24. The molecule has 116 valence electrons. The second kappa shape index (κ2) is 6.90. The molecular formula is C15H20ClNO3S. The minimum absolute atomic E-state index is 0.0195. The van der Waals surface area contributed by atoms with Gasteiger partial charge in [-0.1, -0.05) is 30.7 Å². The van der Waals surface area contributed by atoms with Gasteiger partial charge in [0.05, 0.1) is 5.75 Å². The van der Waals surface area contributed by atoms with Gasteiger partial charge in [0.2, 0.25) is 10.0 Å². The summed E-state index contributed by atoms with van der Waals surface area (Å²) in [4.78, 5) is 12.5. The van der Waals surface area contributed by atoms with Crippen molar-refractivity contribution < 1.29 is 13.2 Å². The van der Waals surface area contributed by atoms with Crippen LogP contribution in [0.2, 0.25) is 5.02 Å². The molecule has 1 atom stereocenters. The standard InChI is InChI=1S/C15H20ClNO3S/c1-2-9-21(19,20)17-8-4-6-13(11-17)15(18)12-5-3-7-14(16)10-12/h3,5,7,10,13H,2,4,6,8-9,11H2,1H3/t13-/m0/s1. The van der Waals surface area contributed by atoms with Gasteiger partial charge in [-0.3, -0.25) is 4.79 Å². The molecule has 2 rings (SSSR count). The van der Waals surface area contributed by atoms with Crippen LogP contribution in [-0.2, 0) is 10.0 Å². The number of sulfonamides is 1. The summed E-state index contributed by atoms with van der Waals surface area (Å²) in [6, 6.07) is 6.83. The van der Waals surface area contributed by atoms with Crippen molar-refractivity contribution in [1.82, 2.24) is 4.31 Å². The molecule has 1 fully saturated rings. The molecule has 0 spiro atoms. The SMILES string of the molecule is CCCS(=O)(=O)N1CCC[C@H](C(=O)c2cccc(Cl)c2)C1. The first-order chi connectivity index (χ1) is 9.94. The maximum absolute atomic E-state index is 12.5. The van der Waals surface area contributed by atoms with Crippen LogP contribution in [-0.4, -0.2) is 37.3 Å². The van der Waals surface area contributed by atoms with Crippen LogP contribution in [0.4, 0.5) is 0 Å². The van der Waals surface area contributed by atoms with Gasteiger partial charge in [-0.05, 0) is 31.4 Å². The maximum atomic E-state index is 12.5. The summed E-state index contributed by atoms with van der Waals surface area (Å²) in [5, 5.41) is 0.520. The van der Waals surface area contributed by atoms with E-state index in [2.05, 4.69) is 0 Å². The fourth-order valence-electron chi connectivity index (χ4n) is 2.67. The van der Waals surface area contributed by atoms with Crippen LogP contribution >= 0.6 is 11.6 Å². The minimum atomic E-state index is -3.24. The zero-order valence-corrected chi connectivity index (χ0v) is 13.7. The fraction of sp³-hybridized carbons (Fsp3) is 0.533. The van der Waals surface area contributed by atoms with Crippen LogP contribution in [0.5, 0.6) is 0 Å². The number of nitrogens with zero attached hydrogens (tertiary/aromatic N) is 1. The lowest BCUT2D eigenvalue weighted by molar-refractivity contribution is 0.0872. The number of hydrogen-bond acceptors (Lipinski definition) is 3. The van der Waals surface area contributed by atoms with Gasteiger partial charge < -0.3 is 0 Å². The fourth-order valence-corrected chi connectivity index (χ4v) is 4.45. The minimum Gasteiger partial charge on any atom is -0.294 e. The monoisotopic (exact) mass is 329 g/mol. The number of benzene rings is 1. The van der Waals surface area contributed by atoms with Crippen LogP contribution in [0.1, 0.15) is 36.5 Å². The van der Waals surface area contributed by atoms with Gasteiger partial charge >= 0.3 is 0 Å². The third-order valence-corrected chi connectivity index (χ3v) is 6.00. The zero-order chi connectivity index (χ0) is 15.5. The highest BCUT2D eigenvalue weighted by Crippen LogP contribution is 2.24. The highest BCUT2D eigenvalue weighted by atomic mass is 35.5. The largest absolute Gasteiger partial charge is 0.294 e. The number of halogens is 1. The second-order valence-electron chi connectivity index (χ2n) is 5.39. The van der Waals surface area contributed by atoms with E-state index in [1.165, 1.54) is 4.31 Å². The molecule has 4 nitrogen and oxygen atoms in total. The molecule has 0 amide bonds. The van der Waals surface area contributed by atoms with E-state index < -0.39 is 10.0 Å². The predicted octanol–water partition coefficient (Wildman–Crippen LogP) is 2.97. The van der Waals surface area contributed by atoms with Crippen LogP contribution in [0.3, 0.4) is 0 Å². The van der Waals surface area contributed by atoms with Crippen LogP contribution < -0.4 is 0 Å².